The first-order chi connectivity index (χ1) is 14.5. The van der Waals surface area contributed by atoms with Gasteiger partial charge in [0, 0.05) is 30.4 Å². The average Bonchev–Trinajstić information content (AvgIpc) is 2.99. The zero-order valence-electron chi connectivity index (χ0n) is 17.0. The molecule has 3 heterocycles. The predicted octanol–water partition coefficient (Wildman–Crippen LogP) is 3.21. The van der Waals surface area contributed by atoms with E-state index in [1.807, 2.05) is 31.2 Å². The summed E-state index contributed by atoms with van der Waals surface area (Å²) < 4.78 is 3.36. The lowest BCUT2D eigenvalue weighted by atomic mass is 9.93. The number of aromatic nitrogens is 5. The van der Waals surface area contributed by atoms with Crippen LogP contribution in [0.3, 0.4) is 0 Å². The lowest BCUT2D eigenvalue weighted by Gasteiger charge is -2.26. The standard InChI is InChI=1S/C22H24N6O2/c1-13-10-18-14(4-3-9-23-18)11-17(13)25-21-24-12-19-20(26-21)28(22(30)27(19)2)15-5-7-16(29)8-6-15/h3-4,9-12,15-16,29H,5-8H2,1-2H3,(H,24,25,26). The van der Waals surface area contributed by atoms with Gasteiger partial charge in [0.15, 0.2) is 5.65 Å². The summed E-state index contributed by atoms with van der Waals surface area (Å²) in [4.78, 5) is 26.5. The Labute approximate surface area is 173 Å². The van der Waals surface area contributed by atoms with Crippen molar-refractivity contribution >= 4 is 33.7 Å². The average molecular weight is 404 g/mol. The monoisotopic (exact) mass is 404 g/mol. The normalized spacial score (nSPS) is 19.4. The Morgan fingerprint density at radius 1 is 1.17 bits per heavy atom. The number of hydrogen-bond donors (Lipinski definition) is 2. The van der Waals surface area contributed by atoms with Gasteiger partial charge >= 0.3 is 5.69 Å². The van der Waals surface area contributed by atoms with E-state index in [4.69, 9.17) is 4.98 Å². The van der Waals surface area contributed by atoms with Crippen LogP contribution in [0.15, 0.2) is 41.5 Å². The van der Waals surface area contributed by atoms with Gasteiger partial charge in [0.1, 0.15) is 5.52 Å². The number of anilines is 2. The van der Waals surface area contributed by atoms with Crippen molar-refractivity contribution in [3.05, 3.63) is 52.7 Å². The number of aliphatic hydroxyl groups excluding tert-OH is 1. The molecule has 0 bridgehead atoms. The van der Waals surface area contributed by atoms with Gasteiger partial charge in [0.2, 0.25) is 5.95 Å². The first kappa shape index (κ1) is 18.7. The van der Waals surface area contributed by atoms with E-state index >= 15 is 0 Å². The molecule has 0 saturated heterocycles. The molecule has 0 amide bonds. The molecule has 1 saturated carbocycles. The number of imidazole rings is 1. The summed E-state index contributed by atoms with van der Waals surface area (Å²) in [5, 5.41) is 14.2. The summed E-state index contributed by atoms with van der Waals surface area (Å²) in [7, 11) is 1.75. The zero-order chi connectivity index (χ0) is 20.8. The Hall–Kier alpha value is -3.26. The van der Waals surface area contributed by atoms with Crippen LogP contribution in [0.25, 0.3) is 22.1 Å². The summed E-state index contributed by atoms with van der Waals surface area (Å²) in [6, 6.07) is 8.03. The molecule has 0 radical (unpaired) electrons. The molecule has 0 aliphatic heterocycles. The van der Waals surface area contributed by atoms with Crippen LogP contribution in [-0.4, -0.2) is 35.3 Å². The van der Waals surface area contributed by atoms with Crippen molar-refractivity contribution in [3.8, 4) is 0 Å². The molecule has 8 nitrogen and oxygen atoms in total. The van der Waals surface area contributed by atoms with Crippen LogP contribution in [0.2, 0.25) is 0 Å². The molecule has 5 rings (SSSR count). The van der Waals surface area contributed by atoms with Crippen LogP contribution in [0.1, 0.15) is 37.3 Å². The van der Waals surface area contributed by atoms with Crippen LogP contribution in [0.4, 0.5) is 11.6 Å². The maximum absolute atomic E-state index is 12.9. The first-order valence-corrected chi connectivity index (χ1v) is 10.3. The Balaban J connectivity index is 1.56. The highest BCUT2D eigenvalue weighted by atomic mass is 16.3. The van der Waals surface area contributed by atoms with E-state index in [9.17, 15) is 9.90 Å². The van der Waals surface area contributed by atoms with Gasteiger partial charge in [-0.2, -0.15) is 4.98 Å². The summed E-state index contributed by atoms with van der Waals surface area (Å²) >= 11 is 0. The van der Waals surface area contributed by atoms with E-state index < -0.39 is 0 Å². The third-order valence-corrected chi connectivity index (χ3v) is 6.06. The van der Waals surface area contributed by atoms with Crippen LogP contribution >= 0.6 is 0 Å². The molecule has 0 atom stereocenters. The van der Waals surface area contributed by atoms with Gasteiger partial charge in [0.25, 0.3) is 0 Å². The Morgan fingerprint density at radius 3 is 2.77 bits per heavy atom. The van der Waals surface area contributed by atoms with Gasteiger partial charge in [-0.3, -0.25) is 14.1 Å². The molecule has 1 aliphatic rings. The van der Waals surface area contributed by atoms with E-state index in [0.717, 1.165) is 35.0 Å². The van der Waals surface area contributed by atoms with Crippen molar-refractivity contribution in [2.45, 2.75) is 44.8 Å². The van der Waals surface area contributed by atoms with Gasteiger partial charge in [-0.1, -0.05) is 6.07 Å². The molecular formula is C22H24N6O2. The number of nitrogens with zero attached hydrogens (tertiary/aromatic N) is 5. The smallest absolute Gasteiger partial charge is 0.330 e. The van der Waals surface area contributed by atoms with Crippen molar-refractivity contribution in [2.75, 3.05) is 5.32 Å². The summed E-state index contributed by atoms with van der Waals surface area (Å²) in [5.41, 5.74) is 4.12. The molecular weight excluding hydrogens is 380 g/mol. The van der Waals surface area contributed by atoms with Crippen LogP contribution < -0.4 is 11.0 Å². The van der Waals surface area contributed by atoms with Gasteiger partial charge in [-0.15, -0.1) is 0 Å². The predicted molar refractivity (Wildman–Crippen MR) is 116 cm³/mol. The third-order valence-electron chi connectivity index (χ3n) is 6.06. The van der Waals surface area contributed by atoms with Gasteiger partial charge in [-0.25, -0.2) is 9.78 Å². The number of benzene rings is 1. The SMILES string of the molecule is Cc1cc2ncccc2cc1Nc1ncc2c(n1)n(C1CCC(O)CC1)c(=O)n2C. The van der Waals surface area contributed by atoms with Gasteiger partial charge < -0.3 is 10.4 Å². The fourth-order valence-electron chi connectivity index (χ4n) is 4.32. The molecule has 2 N–H and O–H groups in total. The largest absolute Gasteiger partial charge is 0.393 e. The highest BCUT2D eigenvalue weighted by Crippen LogP contribution is 2.30. The molecule has 0 unspecified atom stereocenters. The van der Waals surface area contributed by atoms with E-state index in [2.05, 4.69) is 15.3 Å². The number of aliphatic hydroxyl groups is 1. The van der Waals surface area contributed by atoms with Gasteiger partial charge in [0.05, 0.1) is 17.8 Å². The third kappa shape index (κ3) is 3.13. The van der Waals surface area contributed by atoms with Crippen molar-refractivity contribution in [1.82, 2.24) is 24.1 Å². The number of fused-ring (bicyclic) bond motifs is 2. The fourth-order valence-corrected chi connectivity index (χ4v) is 4.32. The molecule has 30 heavy (non-hydrogen) atoms. The Kier molecular flexibility index (Phi) is 4.51. The molecule has 8 heteroatoms. The quantitative estimate of drug-likeness (QED) is 0.544. The summed E-state index contributed by atoms with van der Waals surface area (Å²) in [6.45, 7) is 2.01. The minimum atomic E-state index is -0.274. The zero-order valence-corrected chi connectivity index (χ0v) is 17.0. The Morgan fingerprint density at radius 2 is 1.97 bits per heavy atom. The van der Waals surface area contributed by atoms with Crippen molar-refractivity contribution in [2.24, 2.45) is 7.05 Å². The second kappa shape index (κ2) is 7.21. The molecule has 3 aromatic heterocycles. The topological polar surface area (TPSA) is 97.9 Å². The Bertz CT molecular complexity index is 1300. The lowest BCUT2D eigenvalue weighted by molar-refractivity contribution is 0.110. The minimum Gasteiger partial charge on any atom is -0.393 e. The molecule has 4 aromatic rings. The molecule has 1 aliphatic carbocycles. The number of nitrogens with one attached hydrogen (secondary N) is 1. The second-order valence-electron chi connectivity index (χ2n) is 8.06. The fraction of sp³-hybridized carbons (Fsp3) is 0.364. The van der Waals surface area contributed by atoms with Crippen LogP contribution in [0.5, 0.6) is 0 Å². The van der Waals surface area contributed by atoms with Crippen molar-refractivity contribution in [3.63, 3.8) is 0 Å². The number of aryl methyl sites for hydroxylation is 2. The molecule has 1 fully saturated rings. The van der Waals surface area contributed by atoms with Crippen molar-refractivity contribution in [1.29, 1.82) is 0 Å². The first-order valence-electron chi connectivity index (χ1n) is 10.3. The van der Waals surface area contributed by atoms with Crippen molar-refractivity contribution < 1.29 is 5.11 Å². The minimum absolute atomic E-state index is 0.0424. The van der Waals surface area contributed by atoms with Gasteiger partial charge in [-0.05, 0) is 56.4 Å². The number of pyridine rings is 1. The lowest BCUT2D eigenvalue weighted by Crippen LogP contribution is -2.30. The summed E-state index contributed by atoms with van der Waals surface area (Å²) in [6.07, 6.45) is 6.14. The maximum Gasteiger partial charge on any atom is 0.330 e. The van der Waals surface area contributed by atoms with E-state index in [1.54, 1.807) is 28.6 Å². The molecule has 154 valence electrons. The number of hydrogen-bond acceptors (Lipinski definition) is 6. The number of rotatable bonds is 3. The highest BCUT2D eigenvalue weighted by Gasteiger charge is 2.26. The van der Waals surface area contributed by atoms with E-state index in [0.29, 0.717) is 30.0 Å². The maximum atomic E-state index is 12.9. The van der Waals surface area contributed by atoms with E-state index in [-0.39, 0.29) is 17.8 Å². The van der Waals surface area contributed by atoms with E-state index in [1.165, 1.54) is 0 Å². The molecule has 1 aromatic carbocycles. The van der Waals surface area contributed by atoms with Crippen LogP contribution in [-0.2, 0) is 7.05 Å². The van der Waals surface area contributed by atoms with Crippen LogP contribution in [0, 0.1) is 6.92 Å². The second-order valence-corrected chi connectivity index (χ2v) is 8.06. The highest BCUT2D eigenvalue weighted by molar-refractivity contribution is 5.85. The summed E-state index contributed by atoms with van der Waals surface area (Å²) in [5.74, 6) is 0.448. The molecule has 0 spiro atoms.